The zero-order valence-electron chi connectivity index (χ0n) is 19.4. The number of hydrogen-bond acceptors (Lipinski definition) is 3. The van der Waals surface area contributed by atoms with Crippen molar-refractivity contribution in [3.8, 4) is 0 Å². The van der Waals surface area contributed by atoms with E-state index in [4.69, 9.17) is 0 Å². The molecule has 0 aromatic rings. The summed E-state index contributed by atoms with van der Waals surface area (Å²) in [6.45, 7) is 19.1. The second kappa shape index (κ2) is 8.55. The van der Waals surface area contributed by atoms with Crippen LogP contribution < -0.4 is 0 Å². The summed E-state index contributed by atoms with van der Waals surface area (Å²) in [6.07, 6.45) is 13.2. The summed E-state index contributed by atoms with van der Waals surface area (Å²) < 4.78 is 0. The van der Waals surface area contributed by atoms with Gasteiger partial charge in [0, 0.05) is 18.6 Å². The first-order valence-corrected chi connectivity index (χ1v) is 12.6. The highest BCUT2D eigenvalue weighted by atomic mass is 15.2. The van der Waals surface area contributed by atoms with Gasteiger partial charge >= 0.3 is 0 Å². The van der Waals surface area contributed by atoms with Gasteiger partial charge in [-0.25, -0.2) is 0 Å². The Balaban J connectivity index is 1.20. The fourth-order valence-electron chi connectivity index (χ4n) is 6.76. The van der Waals surface area contributed by atoms with Gasteiger partial charge in [-0.1, -0.05) is 13.8 Å². The van der Waals surface area contributed by atoms with Crippen LogP contribution in [0.4, 0.5) is 0 Å². The zero-order chi connectivity index (χ0) is 19.8. The minimum atomic E-state index is 0.695. The molecule has 3 heterocycles. The molecule has 28 heavy (non-hydrogen) atoms. The second-order valence-corrected chi connectivity index (χ2v) is 11.8. The molecule has 0 aromatic carbocycles. The molecule has 162 valence electrons. The molecule has 1 saturated carbocycles. The van der Waals surface area contributed by atoms with Crippen molar-refractivity contribution in [2.75, 3.05) is 45.8 Å². The van der Waals surface area contributed by atoms with Gasteiger partial charge in [0.1, 0.15) is 0 Å². The van der Waals surface area contributed by atoms with E-state index in [9.17, 15) is 0 Å². The van der Waals surface area contributed by atoms with Crippen LogP contribution in [-0.4, -0.2) is 72.6 Å². The Bertz CT molecular complexity index is 484. The maximum atomic E-state index is 2.87. The Morgan fingerprint density at radius 1 is 0.750 bits per heavy atom. The van der Waals surface area contributed by atoms with E-state index in [-0.39, 0.29) is 0 Å². The molecule has 0 atom stereocenters. The molecule has 1 spiro atoms. The standard InChI is InChI=1S/C25H47N3/c1-21(2)19-25(7-8-25)20-26-15-9-24(10-16-26)11-17-28(18-12-24)23-5-13-27(14-6-23)22(3)4/h21-23H,5-20H2,1-4H3. The number of hydrogen-bond donors (Lipinski definition) is 0. The minimum Gasteiger partial charge on any atom is -0.303 e. The first kappa shape index (κ1) is 21.1. The van der Waals surface area contributed by atoms with Crippen LogP contribution in [-0.2, 0) is 0 Å². The first-order valence-electron chi connectivity index (χ1n) is 12.6. The Morgan fingerprint density at radius 2 is 1.32 bits per heavy atom. The molecule has 4 rings (SSSR count). The number of piperidine rings is 3. The van der Waals surface area contributed by atoms with Gasteiger partial charge in [-0.15, -0.1) is 0 Å². The van der Waals surface area contributed by atoms with Crippen molar-refractivity contribution in [1.29, 1.82) is 0 Å². The Kier molecular flexibility index (Phi) is 6.45. The molecule has 0 amide bonds. The van der Waals surface area contributed by atoms with Crippen LogP contribution in [0.15, 0.2) is 0 Å². The summed E-state index contributed by atoms with van der Waals surface area (Å²) in [4.78, 5) is 8.38. The van der Waals surface area contributed by atoms with Crippen molar-refractivity contribution >= 4 is 0 Å². The molecule has 0 radical (unpaired) electrons. The largest absolute Gasteiger partial charge is 0.303 e. The van der Waals surface area contributed by atoms with Crippen LogP contribution in [0.1, 0.15) is 85.5 Å². The Hall–Kier alpha value is -0.120. The molecule has 4 fully saturated rings. The van der Waals surface area contributed by atoms with Crippen LogP contribution in [0.25, 0.3) is 0 Å². The van der Waals surface area contributed by atoms with Gasteiger partial charge in [0.05, 0.1) is 0 Å². The van der Waals surface area contributed by atoms with E-state index in [1.165, 1.54) is 104 Å². The van der Waals surface area contributed by atoms with Crippen molar-refractivity contribution in [2.45, 2.75) is 97.6 Å². The van der Waals surface area contributed by atoms with Crippen LogP contribution in [0, 0.1) is 16.7 Å². The van der Waals surface area contributed by atoms with Gasteiger partial charge in [0.2, 0.25) is 0 Å². The normalized spacial score (nSPS) is 29.8. The van der Waals surface area contributed by atoms with Crippen molar-refractivity contribution < 1.29 is 0 Å². The van der Waals surface area contributed by atoms with E-state index in [1.807, 2.05) is 0 Å². The lowest BCUT2D eigenvalue weighted by molar-refractivity contribution is 0.000516. The van der Waals surface area contributed by atoms with E-state index < -0.39 is 0 Å². The van der Waals surface area contributed by atoms with Crippen molar-refractivity contribution in [1.82, 2.24) is 14.7 Å². The highest BCUT2D eigenvalue weighted by Gasteiger charge is 2.46. The topological polar surface area (TPSA) is 9.72 Å². The highest BCUT2D eigenvalue weighted by Crippen LogP contribution is 2.52. The molecule has 3 heteroatoms. The monoisotopic (exact) mass is 389 g/mol. The smallest absolute Gasteiger partial charge is 0.0120 e. The van der Waals surface area contributed by atoms with E-state index in [1.54, 1.807) is 0 Å². The highest BCUT2D eigenvalue weighted by molar-refractivity contribution is 4.99. The van der Waals surface area contributed by atoms with Gasteiger partial charge in [0.15, 0.2) is 0 Å². The lowest BCUT2D eigenvalue weighted by atomic mass is 9.70. The van der Waals surface area contributed by atoms with Crippen LogP contribution in [0.5, 0.6) is 0 Å². The summed E-state index contributed by atoms with van der Waals surface area (Å²) in [5.74, 6) is 0.871. The van der Waals surface area contributed by atoms with Gasteiger partial charge in [-0.05, 0) is 128 Å². The zero-order valence-corrected chi connectivity index (χ0v) is 19.4. The van der Waals surface area contributed by atoms with Crippen molar-refractivity contribution in [2.24, 2.45) is 16.7 Å². The fourth-order valence-corrected chi connectivity index (χ4v) is 6.76. The molecule has 3 nitrogen and oxygen atoms in total. The van der Waals surface area contributed by atoms with Crippen molar-refractivity contribution in [3.05, 3.63) is 0 Å². The molecule has 0 bridgehead atoms. The SMILES string of the molecule is CC(C)CC1(CN2CCC3(CC2)CCN(C2CCN(C(C)C)CC2)CC3)CC1. The van der Waals surface area contributed by atoms with Crippen LogP contribution in [0.3, 0.4) is 0 Å². The Morgan fingerprint density at radius 3 is 1.82 bits per heavy atom. The van der Waals surface area contributed by atoms with Gasteiger partial charge < -0.3 is 14.7 Å². The van der Waals surface area contributed by atoms with E-state index in [0.29, 0.717) is 10.8 Å². The van der Waals surface area contributed by atoms with Crippen LogP contribution in [0.2, 0.25) is 0 Å². The first-order chi connectivity index (χ1) is 13.4. The fraction of sp³-hybridized carbons (Fsp3) is 1.00. The van der Waals surface area contributed by atoms with Crippen LogP contribution >= 0.6 is 0 Å². The third-order valence-electron chi connectivity index (χ3n) is 8.88. The predicted molar refractivity (Wildman–Crippen MR) is 120 cm³/mol. The van der Waals surface area contributed by atoms with Gasteiger partial charge in [0.25, 0.3) is 0 Å². The average molecular weight is 390 g/mol. The summed E-state index contributed by atoms with van der Waals surface area (Å²) in [5, 5.41) is 0. The summed E-state index contributed by atoms with van der Waals surface area (Å²) >= 11 is 0. The van der Waals surface area contributed by atoms with Gasteiger partial charge in [-0.3, -0.25) is 0 Å². The van der Waals surface area contributed by atoms with Crippen molar-refractivity contribution in [3.63, 3.8) is 0 Å². The molecule has 4 aliphatic rings. The summed E-state index contributed by atoms with van der Waals surface area (Å²) in [6, 6.07) is 1.60. The lowest BCUT2D eigenvalue weighted by Gasteiger charge is -2.50. The van der Waals surface area contributed by atoms with Gasteiger partial charge in [-0.2, -0.15) is 0 Å². The molecule has 3 saturated heterocycles. The number of nitrogens with zero attached hydrogens (tertiary/aromatic N) is 3. The molecule has 0 unspecified atom stereocenters. The summed E-state index contributed by atoms with van der Waals surface area (Å²) in [5.41, 5.74) is 1.41. The quantitative estimate of drug-likeness (QED) is 0.642. The summed E-state index contributed by atoms with van der Waals surface area (Å²) in [7, 11) is 0. The molecular weight excluding hydrogens is 342 g/mol. The number of rotatable bonds is 6. The second-order valence-electron chi connectivity index (χ2n) is 11.8. The molecule has 0 aromatic heterocycles. The Labute approximate surface area is 175 Å². The maximum Gasteiger partial charge on any atom is 0.0120 e. The van der Waals surface area contributed by atoms with E-state index >= 15 is 0 Å². The lowest BCUT2D eigenvalue weighted by Crippen LogP contribution is -2.52. The third kappa shape index (κ3) is 4.95. The molecule has 1 aliphatic carbocycles. The van der Waals surface area contributed by atoms with E-state index in [0.717, 1.165) is 18.0 Å². The molecular formula is C25H47N3. The third-order valence-corrected chi connectivity index (χ3v) is 8.88. The predicted octanol–water partition coefficient (Wildman–Crippen LogP) is 4.86. The minimum absolute atomic E-state index is 0.695. The van der Waals surface area contributed by atoms with E-state index in [2.05, 4.69) is 42.4 Å². The number of likely N-dealkylation sites (tertiary alicyclic amines) is 3. The maximum absolute atomic E-state index is 2.87. The average Bonchev–Trinajstić information content (AvgIpc) is 3.43. The molecule has 0 N–H and O–H groups in total. The molecule has 3 aliphatic heterocycles.